The lowest BCUT2D eigenvalue weighted by Crippen LogP contribution is -2.32. The predicted molar refractivity (Wildman–Crippen MR) is 68.2 cm³/mol. The van der Waals surface area contributed by atoms with Crippen LogP contribution in [0.3, 0.4) is 0 Å². The maximum Gasteiger partial charge on any atom is 0.0897 e. The third-order valence-corrected chi connectivity index (χ3v) is 3.05. The monoisotopic (exact) mass is 245 g/mol. The predicted octanol–water partition coefficient (Wildman–Crippen LogP) is 1.32. The summed E-state index contributed by atoms with van der Waals surface area (Å²) >= 11 is 0. The van der Waals surface area contributed by atoms with Crippen LogP contribution in [0.1, 0.15) is 39.0 Å². The van der Waals surface area contributed by atoms with Gasteiger partial charge in [-0.3, -0.25) is 0 Å². The fourth-order valence-electron chi connectivity index (χ4n) is 2.07. The minimum atomic E-state index is -0.386. The van der Waals surface area contributed by atoms with E-state index in [0.29, 0.717) is 19.3 Å². The van der Waals surface area contributed by atoms with E-state index in [0.717, 1.165) is 39.0 Å². The van der Waals surface area contributed by atoms with Crippen molar-refractivity contribution in [1.82, 2.24) is 5.32 Å². The molecule has 1 rings (SSSR count). The Labute approximate surface area is 105 Å². The van der Waals surface area contributed by atoms with E-state index in [1.54, 1.807) is 0 Å². The molecule has 1 aliphatic rings. The molecule has 102 valence electrons. The van der Waals surface area contributed by atoms with Crippen LogP contribution in [-0.4, -0.2) is 50.2 Å². The van der Waals surface area contributed by atoms with E-state index in [1.165, 1.54) is 12.8 Å². The standard InChI is InChI=1S/C13H27NO3/c1-2-16-9-5-8-14-10-12(15)11-17-13-6-3-4-7-13/h12-15H,2-11H2,1H3. The molecule has 0 aliphatic heterocycles. The summed E-state index contributed by atoms with van der Waals surface area (Å²) in [4.78, 5) is 0. The van der Waals surface area contributed by atoms with Gasteiger partial charge >= 0.3 is 0 Å². The van der Waals surface area contributed by atoms with Crippen LogP contribution >= 0.6 is 0 Å². The van der Waals surface area contributed by atoms with Crippen molar-refractivity contribution in [3.05, 3.63) is 0 Å². The molecule has 4 nitrogen and oxygen atoms in total. The van der Waals surface area contributed by atoms with Gasteiger partial charge in [0.25, 0.3) is 0 Å². The highest BCUT2D eigenvalue weighted by atomic mass is 16.5. The Morgan fingerprint density at radius 1 is 1.35 bits per heavy atom. The Morgan fingerprint density at radius 3 is 2.82 bits per heavy atom. The van der Waals surface area contributed by atoms with E-state index in [1.807, 2.05) is 6.92 Å². The van der Waals surface area contributed by atoms with Crippen LogP contribution in [0.5, 0.6) is 0 Å². The van der Waals surface area contributed by atoms with Gasteiger partial charge in [0.15, 0.2) is 0 Å². The second kappa shape index (κ2) is 9.83. The van der Waals surface area contributed by atoms with Crippen LogP contribution in [0.15, 0.2) is 0 Å². The molecule has 1 saturated carbocycles. The summed E-state index contributed by atoms with van der Waals surface area (Å²) in [6.07, 6.45) is 5.87. The van der Waals surface area contributed by atoms with Crippen molar-refractivity contribution >= 4 is 0 Å². The molecule has 0 radical (unpaired) electrons. The van der Waals surface area contributed by atoms with Crippen LogP contribution in [0, 0.1) is 0 Å². The summed E-state index contributed by atoms with van der Waals surface area (Å²) in [5.41, 5.74) is 0. The molecule has 2 N–H and O–H groups in total. The third-order valence-electron chi connectivity index (χ3n) is 3.05. The maximum absolute atomic E-state index is 9.69. The molecule has 0 aromatic heterocycles. The lowest BCUT2D eigenvalue weighted by atomic mass is 10.3. The minimum Gasteiger partial charge on any atom is -0.389 e. The molecule has 0 heterocycles. The first-order valence-electron chi connectivity index (χ1n) is 6.91. The Hall–Kier alpha value is -0.160. The summed E-state index contributed by atoms with van der Waals surface area (Å²) in [7, 11) is 0. The number of hydrogen-bond donors (Lipinski definition) is 2. The molecule has 17 heavy (non-hydrogen) atoms. The molecule has 1 fully saturated rings. The molecular weight excluding hydrogens is 218 g/mol. The SMILES string of the molecule is CCOCCCNCC(O)COC1CCCC1. The lowest BCUT2D eigenvalue weighted by Gasteiger charge is -2.16. The number of aliphatic hydroxyl groups is 1. The van der Waals surface area contributed by atoms with Crippen LogP contribution < -0.4 is 5.32 Å². The van der Waals surface area contributed by atoms with Crippen molar-refractivity contribution in [2.75, 3.05) is 32.9 Å². The number of aliphatic hydroxyl groups excluding tert-OH is 1. The molecule has 0 spiro atoms. The molecular formula is C13H27NO3. The molecule has 0 saturated heterocycles. The van der Waals surface area contributed by atoms with Gasteiger partial charge in [0.1, 0.15) is 0 Å². The number of rotatable bonds is 10. The van der Waals surface area contributed by atoms with E-state index in [9.17, 15) is 5.11 Å². The highest BCUT2D eigenvalue weighted by molar-refractivity contribution is 4.68. The van der Waals surface area contributed by atoms with Gasteiger partial charge < -0.3 is 19.9 Å². The molecule has 1 unspecified atom stereocenters. The summed E-state index contributed by atoms with van der Waals surface area (Å²) < 4.78 is 10.9. The second-order valence-corrected chi connectivity index (χ2v) is 4.65. The summed E-state index contributed by atoms with van der Waals surface area (Å²) in [6.45, 7) is 5.52. The molecule has 1 aliphatic carbocycles. The number of hydrogen-bond acceptors (Lipinski definition) is 4. The largest absolute Gasteiger partial charge is 0.389 e. The normalized spacial score (nSPS) is 18.7. The van der Waals surface area contributed by atoms with Gasteiger partial charge in [0.05, 0.1) is 18.8 Å². The second-order valence-electron chi connectivity index (χ2n) is 4.65. The summed E-state index contributed by atoms with van der Waals surface area (Å²) in [5.74, 6) is 0. The van der Waals surface area contributed by atoms with Crippen LogP contribution in [0.4, 0.5) is 0 Å². The summed E-state index contributed by atoms with van der Waals surface area (Å²) in [6, 6.07) is 0. The highest BCUT2D eigenvalue weighted by Gasteiger charge is 2.16. The molecule has 0 bridgehead atoms. The van der Waals surface area contributed by atoms with E-state index < -0.39 is 0 Å². The molecule has 4 heteroatoms. The zero-order valence-electron chi connectivity index (χ0n) is 11.0. The zero-order valence-corrected chi connectivity index (χ0v) is 11.0. The first kappa shape index (κ1) is 14.9. The quantitative estimate of drug-likeness (QED) is 0.570. The fraction of sp³-hybridized carbons (Fsp3) is 1.00. The first-order chi connectivity index (χ1) is 8.33. The van der Waals surface area contributed by atoms with E-state index >= 15 is 0 Å². The van der Waals surface area contributed by atoms with Gasteiger partial charge in [-0.2, -0.15) is 0 Å². The number of ether oxygens (including phenoxy) is 2. The minimum absolute atomic E-state index is 0.386. The zero-order chi connectivity index (χ0) is 12.3. The summed E-state index contributed by atoms with van der Waals surface area (Å²) in [5, 5.41) is 12.9. The maximum atomic E-state index is 9.69. The van der Waals surface area contributed by atoms with Crippen molar-refractivity contribution in [3.8, 4) is 0 Å². The molecule has 0 amide bonds. The van der Waals surface area contributed by atoms with E-state index in [-0.39, 0.29) is 6.10 Å². The molecule has 0 aromatic carbocycles. The molecule has 0 aromatic rings. The smallest absolute Gasteiger partial charge is 0.0897 e. The van der Waals surface area contributed by atoms with Gasteiger partial charge in [-0.1, -0.05) is 12.8 Å². The highest BCUT2D eigenvalue weighted by Crippen LogP contribution is 2.20. The average Bonchev–Trinajstić information content (AvgIpc) is 2.84. The Bertz CT molecular complexity index is 172. The van der Waals surface area contributed by atoms with Gasteiger partial charge in [-0.05, 0) is 32.7 Å². The Kier molecular flexibility index (Phi) is 8.61. The van der Waals surface area contributed by atoms with Crippen molar-refractivity contribution in [2.24, 2.45) is 0 Å². The Morgan fingerprint density at radius 2 is 2.12 bits per heavy atom. The van der Waals surface area contributed by atoms with Gasteiger partial charge in [-0.25, -0.2) is 0 Å². The van der Waals surface area contributed by atoms with Crippen molar-refractivity contribution in [2.45, 2.75) is 51.2 Å². The van der Waals surface area contributed by atoms with Crippen LogP contribution in [0.2, 0.25) is 0 Å². The fourth-order valence-corrected chi connectivity index (χ4v) is 2.07. The van der Waals surface area contributed by atoms with Gasteiger partial charge in [0.2, 0.25) is 0 Å². The first-order valence-corrected chi connectivity index (χ1v) is 6.91. The van der Waals surface area contributed by atoms with Crippen molar-refractivity contribution < 1.29 is 14.6 Å². The molecule has 1 atom stereocenters. The van der Waals surface area contributed by atoms with Crippen molar-refractivity contribution in [3.63, 3.8) is 0 Å². The lowest BCUT2D eigenvalue weighted by molar-refractivity contribution is -0.00548. The average molecular weight is 245 g/mol. The van der Waals surface area contributed by atoms with Gasteiger partial charge in [-0.15, -0.1) is 0 Å². The van der Waals surface area contributed by atoms with Crippen molar-refractivity contribution in [1.29, 1.82) is 0 Å². The van der Waals surface area contributed by atoms with E-state index in [2.05, 4.69) is 5.32 Å². The Balaban J connectivity index is 1.85. The third kappa shape index (κ3) is 7.71. The van der Waals surface area contributed by atoms with Crippen LogP contribution in [-0.2, 0) is 9.47 Å². The van der Waals surface area contributed by atoms with Crippen LogP contribution in [0.25, 0.3) is 0 Å². The van der Waals surface area contributed by atoms with E-state index in [4.69, 9.17) is 9.47 Å². The van der Waals surface area contributed by atoms with Gasteiger partial charge in [0, 0.05) is 19.8 Å². The topological polar surface area (TPSA) is 50.7 Å². The number of nitrogens with one attached hydrogen (secondary N) is 1.